The Hall–Kier alpha value is -1.38. The Morgan fingerprint density at radius 3 is 2.54 bits per heavy atom. The first kappa shape index (κ1) is 24.7. The summed E-state index contributed by atoms with van der Waals surface area (Å²) in [6.07, 6.45) is 0.885. The smallest absolute Gasteiger partial charge is 0.242 e. The summed E-state index contributed by atoms with van der Waals surface area (Å²) in [5, 5.41) is 6.21. The molecule has 7 nitrogen and oxygen atoms in total. The highest BCUT2D eigenvalue weighted by Gasteiger charge is 2.29. The molecule has 1 aromatic rings. The fraction of sp³-hybridized carbons (Fsp3) is 0.579. The standard InChI is InChI=1S/C19H28N4O3.2ClH/c1-2-15-5-3-4-6-16(15)21-18(24)13-22-8-10-23(11-9-22)19(25)17-14-26-12-7-20-17;;/h3-6,17,20H,2,7-14H2,1H3,(H,21,24);2*1H. The Morgan fingerprint density at radius 2 is 1.89 bits per heavy atom. The van der Waals surface area contributed by atoms with Crippen LogP contribution in [0.5, 0.6) is 0 Å². The van der Waals surface area contributed by atoms with E-state index in [0.29, 0.717) is 45.9 Å². The van der Waals surface area contributed by atoms with Crippen LogP contribution < -0.4 is 10.6 Å². The Bertz CT molecular complexity index is 633. The average molecular weight is 433 g/mol. The molecular weight excluding hydrogens is 403 g/mol. The highest BCUT2D eigenvalue weighted by Crippen LogP contribution is 2.15. The molecule has 9 heteroatoms. The second-order valence-electron chi connectivity index (χ2n) is 6.74. The maximum absolute atomic E-state index is 12.5. The van der Waals surface area contributed by atoms with Gasteiger partial charge in [0.1, 0.15) is 6.04 Å². The number of amides is 2. The molecule has 0 radical (unpaired) electrons. The largest absolute Gasteiger partial charge is 0.378 e. The number of hydrogen-bond donors (Lipinski definition) is 2. The number of halogens is 2. The van der Waals surface area contributed by atoms with Crippen LogP contribution in [0.4, 0.5) is 5.69 Å². The van der Waals surface area contributed by atoms with Crippen molar-refractivity contribution in [3.63, 3.8) is 0 Å². The lowest BCUT2D eigenvalue weighted by molar-refractivity contribution is -0.138. The summed E-state index contributed by atoms with van der Waals surface area (Å²) in [5.74, 6) is 0.0960. The number of hydrogen-bond acceptors (Lipinski definition) is 5. The average Bonchev–Trinajstić information content (AvgIpc) is 2.69. The van der Waals surface area contributed by atoms with Gasteiger partial charge in [-0.1, -0.05) is 25.1 Å². The number of carbonyl (C=O) groups excluding carboxylic acids is 2. The van der Waals surface area contributed by atoms with Crippen molar-refractivity contribution in [2.75, 3.05) is 57.8 Å². The summed E-state index contributed by atoms with van der Waals surface area (Å²) in [6, 6.07) is 7.65. The number of carbonyl (C=O) groups is 2. The molecule has 0 saturated carbocycles. The van der Waals surface area contributed by atoms with Crippen molar-refractivity contribution in [2.45, 2.75) is 19.4 Å². The van der Waals surface area contributed by atoms with Crippen LogP contribution in [0.25, 0.3) is 0 Å². The first-order chi connectivity index (χ1) is 12.7. The number of ether oxygens (including phenoxy) is 1. The van der Waals surface area contributed by atoms with E-state index < -0.39 is 0 Å². The van der Waals surface area contributed by atoms with Gasteiger partial charge in [-0.25, -0.2) is 0 Å². The SMILES string of the molecule is CCc1ccccc1NC(=O)CN1CCN(C(=O)C2COCCN2)CC1.Cl.Cl. The predicted octanol–water partition coefficient (Wildman–Crippen LogP) is 1.16. The van der Waals surface area contributed by atoms with Crippen LogP contribution in [0.2, 0.25) is 0 Å². The zero-order valence-electron chi connectivity index (χ0n) is 16.2. The van der Waals surface area contributed by atoms with Crippen molar-refractivity contribution < 1.29 is 14.3 Å². The van der Waals surface area contributed by atoms with Crippen molar-refractivity contribution in [1.29, 1.82) is 0 Å². The topological polar surface area (TPSA) is 73.9 Å². The highest BCUT2D eigenvalue weighted by atomic mass is 35.5. The van der Waals surface area contributed by atoms with E-state index >= 15 is 0 Å². The van der Waals surface area contributed by atoms with Crippen LogP contribution in [-0.2, 0) is 20.7 Å². The van der Waals surface area contributed by atoms with Gasteiger partial charge in [0.15, 0.2) is 0 Å². The molecule has 1 aromatic carbocycles. The predicted molar refractivity (Wildman–Crippen MR) is 115 cm³/mol. The van der Waals surface area contributed by atoms with Crippen molar-refractivity contribution >= 4 is 42.3 Å². The molecule has 2 fully saturated rings. The number of anilines is 1. The molecular formula is C19H30Cl2N4O3. The number of morpholine rings is 1. The van der Waals surface area contributed by atoms with Crippen molar-refractivity contribution in [3.05, 3.63) is 29.8 Å². The number of benzene rings is 1. The summed E-state index contributed by atoms with van der Waals surface area (Å²) in [6.45, 7) is 6.97. The van der Waals surface area contributed by atoms with Crippen molar-refractivity contribution in [1.82, 2.24) is 15.1 Å². The minimum absolute atomic E-state index is 0. The monoisotopic (exact) mass is 432 g/mol. The third-order valence-electron chi connectivity index (χ3n) is 4.94. The Kier molecular flexibility index (Phi) is 10.8. The molecule has 2 heterocycles. The maximum atomic E-state index is 12.5. The Balaban J connectivity index is 0.00000196. The molecule has 1 unspecified atom stereocenters. The number of nitrogens with zero attached hydrogens (tertiary/aromatic N) is 2. The van der Waals surface area contributed by atoms with Crippen LogP contribution in [0.3, 0.4) is 0 Å². The van der Waals surface area contributed by atoms with Gasteiger partial charge in [0.05, 0.1) is 19.8 Å². The van der Waals surface area contributed by atoms with Gasteiger partial charge in [-0.3, -0.25) is 14.5 Å². The molecule has 2 aliphatic heterocycles. The molecule has 0 aliphatic carbocycles. The van der Waals surface area contributed by atoms with Gasteiger partial charge in [0.25, 0.3) is 0 Å². The molecule has 28 heavy (non-hydrogen) atoms. The molecule has 2 amide bonds. The van der Waals surface area contributed by atoms with Gasteiger partial charge in [-0.15, -0.1) is 24.8 Å². The van der Waals surface area contributed by atoms with E-state index in [1.54, 1.807) is 0 Å². The highest BCUT2D eigenvalue weighted by molar-refractivity contribution is 5.93. The molecule has 0 aromatic heterocycles. The first-order valence-corrected chi connectivity index (χ1v) is 9.37. The van der Waals surface area contributed by atoms with E-state index in [9.17, 15) is 9.59 Å². The van der Waals surface area contributed by atoms with Crippen LogP contribution in [-0.4, -0.2) is 80.1 Å². The first-order valence-electron chi connectivity index (χ1n) is 9.37. The maximum Gasteiger partial charge on any atom is 0.242 e. The summed E-state index contributed by atoms with van der Waals surface area (Å²) in [5.41, 5.74) is 2.02. The van der Waals surface area contributed by atoms with Crippen molar-refractivity contribution in [3.8, 4) is 0 Å². The molecule has 0 spiro atoms. The number of para-hydroxylation sites is 1. The molecule has 0 bridgehead atoms. The number of piperazine rings is 1. The number of aryl methyl sites for hydroxylation is 1. The zero-order valence-corrected chi connectivity index (χ0v) is 17.8. The summed E-state index contributed by atoms with van der Waals surface area (Å²) in [4.78, 5) is 28.8. The molecule has 158 valence electrons. The molecule has 2 saturated heterocycles. The normalized spacial score (nSPS) is 19.9. The van der Waals surface area contributed by atoms with Gasteiger partial charge in [-0.2, -0.15) is 0 Å². The second-order valence-corrected chi connectivity index (χ2v) is 6.74. The van der Waals surface area contributed by atoms with E-state index in [-0.39, 0.29) is 42.7 Å². The van der Waals surface area contributed by atoms with E-state index in [0.717, 1.165) is 24.2 Å². The van der Waals surface area contributed by atoms with Crippen LogP contribution in [0, 0.1) is 0 Å². The fourth-order valence-corrected chi connectivity index (χ4v) is 3.41. The molecule has 3 rings (SSSR count). The molecule has 2 N–H and O–H groups in total. The van der Waals surface area contributed by atoms with E-state index in [2.05, 4.69) is 22.5 Å². The summed E-state index contributed by atoms with van der Waals surface area (Å²) >= 11 is 0. The lowest BCUT2D eigenvalue weighted by Crippen LogP contribution is -2.57. The van der Waals surface area contributed by atoms with E-state index in [1.807, 2.05) is 29.2 Å². The second kappa shape index (κ2) is 12.2. The van der Waals surface area contributed by atoms with E-state index in [1.165, 1.54) is 0 Å². The number of nitrogens with one attached hydrogen (secondary N) is 2. The van der Waals surface area contributed by atoms with Crippen LogP contribution >= 0.6 is 24.8 Å². The third kappa shape index (κ3) is 6.60. The quantitative estimate of drug-likeness (QED) is 0.730. The summed E-state index contributed by atoms with van der Waals surface area (Å²) in [7, 11) is 0. The third-order valence-corrected chi connectivity index (χ3v) is 4.94. The fourth-order valence-electron chi connectivity index (χ4n) is 3.41. The Morgan fingerprint density at radius 1 is 1.18 bits per heavy atom. The van der Waals surface area contributed by atoms with Crippen LogP contribution in [0.1, 0.15) is 12.5 Å². The molecule has 2 aliphatic rings. The minimum Gasteiger partial charge on any atom is -0.378 e. The van der Waals surface area contributed by atoms with Gasteiger partial charge in [0, 0.05) is 38.4 Å². The molecule has 1 atom stereocenters. The summed E-state index contributed by atoms with van der Waals surface area (Å²) < 4.78 is 5.37. The van der Waals surface area contributed by atoms with Gasteiger partial charge in [-0.05, 0) is 18.1 Å². The lowest BCUT2D eigenvalue weighted by Gasteiger charge is -2.37. The number of rotatable bonds is 5. The zero-order chi connectivity index (χ0) is 18.4. The Labute approximate surface area is 179 Å². The van der Waals surface area contributed by atoms with E-state index in [4.69, 9.17) is 4.74 Å². The van der Waals surface area contributed by atoms with Gasteiger partial charge >= 0.3 is 0 Å². The lowest BCUT2D eigenvalue weighted by atomic mass is 10.1. The minimum atomic E-state index is -0.232. The van der Waals surface area contributed by atoms with Gasteiger partial charge < -0.3 is 20.3 Å². The van der Waals surface area contributed by atoms with Gasteiger partial charge in [0.2, 0.25) is 11.8 Å². The van der Waals surface area contributed by atoms with Crippen molar-refractivity contribution in [2.24, 2.45) is 0 Å². The van der Waals surface area contributed by atoms with Crippen LogP contribution in [0.15, 0.2) is 24.3 Å².